The molecule has 1 aromatic carbocycles. The van der Waals surface area contributed by atoms with Crippen LogP contribution in [0.1, 0.15) is 29.2 Å². The summed E-state index contributed by atoms with van der Waals surface area (Å²) in [6.45, 7) is 3.80. The van der Waals surface area contributed by atoms with Gasteiger partial charge < -0.3 is 14.9 Å². The fourth-order valence-corrected chi connectivity index (χ4v) is 1.67. The molecule has 0 heterocycles. The van der Waals surface area contributed by atoms with Crippen LogP contribution in [0.15, 0.2) is 18.2 Å². The molecule has 0 aliphatic carbocycles. The Morgan fingerprint density at radius 2 is 2.00 bits per heavy atom. The second-order valence-corrected chi connectivity index (χ2v) is 4.08. The second-order valence-electron chi connectivity index (χ2n) is 4.08. The summed E-state index contributed by atoms with van der Waals surface area (Å²) in [5.74, 6) is -0.540. The van der Waals surface area contributed by atoms with Gasteiger partial charge in [0.2, 0.25) is 0 Å². The van der Waals surface area contributed by atoms with Crippen LogP contribution in [0.4, 0.5) is 0 Å². The first-order valence-electron chi connectivity index (χ1n) is 5.46. The van der Waals surface area contributed by atoms with Crippen LogP contribution in [0.3, 0.4) is 0 Å². The van der Waals surface area contributed by atoms with E-state index in [4.69, 9.17) is 0 Å². The summed E-state index contributed by atoms with van der Waals surface area (Å²) in [6, 6.07) is 5.48. The van der Waals surface area contributed by atoms with E-state index in [1.807, 2.05) is 26.0 Å². The van der Waals surface area contributed by atoms with Crippen LogP contribution in [0.25, 0.3) is 0 Å². The first kappa shape index (κ1) is 13.7. The standard InChI is InChI=1S/C13H18O4/c1-8-5-4-6-10(9(8)2)13(16)11(14)7-12(15)17-3/h4-6,11,13-14,16H,7H2,1-3H3. The van der Waals surface area contributed by atoms with E-state index in [0.717, 1.165) is 11.1 Å². The Kier molecular flexibility index (Phi) is 4.66. The van der Waals surface area contributed by atoms with Gasteiger partial charge in [-0.3, -0.25) is 4.79 Å². The van der Waals surface area contributed by atoms with Crippen molar-refractivity contribution in [2.24, 2.45) is 0 Å². The van der Waals surface area contributed by atoms with Crippen LogP contribution in [-0.4, -0.2) is 29.4 Å². The van der Waals surface area contributed by atoms with Gasteiger partial charge >= 0.3 is 5.97 Å². The van der Waals surface area contributed by atoms with Crippen molar-refractivity contribution in [3.63, 3.8) is 0 Å². The molecular formula is C13H18O4. The number of methoxy groups -OCH3 is 1. The number of aliphatic hydroxyl groups is 2. The highest BCUT2D eigenvalue weighted by molar-refractivity contribution is 5.69. The van der Waals surface area contributed by atoms with Gasteiger partial charge in [-0.05, 0) is 30.5 Å². The van der Waals surface area contributed by atoms with E-state index in [2.05, 4.69) is 4.74 Å². The van der Waals surface area contributed by atoms with Gasteiger partial charge in [0.15, 0.2) is 0 Å². The predicted molar refractivity (Wildman–Crippen MR) is 63.5 cm³/mol. The van der Waals surface area contributed by atoms with Gasteiger partial charge in [0.05, 0.1) is 19.6 Å². The van der Waals surface area contributed by atoms with Crippen LogP contribution in [0, 0.1) is 13.8 Å². The summed E-state index contributed by atoms with van der Waals surface area (Å²) in [5, 5.41) is 19.7. The molecular weight excluding hydrogens is 220 g/mol. The van der Waals surface area contributed by atoms with Gasteiger partial charge in [-0.15, -0.1) is 0 Å². The molecule has 0 bridgehead atoms. The van der Waals surface area contributed by atoms with Gasteiger partial charge in [0.1, 0.15) is 6.10 Å². The lowest BCUT2D eigenvalue weighted by Gasteiger charge is -2.19. The maximum absolute atomic E-state index is 11.0. The Morgan fingerprint density at radius 1 is 1.35 bits per heavy atom. The first-order chi connectivity index (χ1) is 7.97. The van der Waals surface area contributed by atoms with Crippen molar-refractivity contribution in [2.45, 2.75) is 32.5 Å². The van der Waals surface area contributed by atoms with E-state index in [0.29, 0.717) is 5.56 Å². The SMILES string of the molecule is COC(=O)CC(O)C(O)c1cccc(C)c1C. The van der Waals surface area contributed by atoms with Crippen molar-refractivity contribution in [1.29, 1.82) is 0 Å². The third-order valence-electron chi connectivity index (χ3n) is 2.93. The van der Waals surface area contributed by atoms with Crippen LogP contribution in [-0.2, 0) is 9.53 Å². The van der Waals surface area contributed by atoms with E-state index >= 15 is 0 Å². The van der Waals surface area contributed by atoms with E-state index in [9.17, 15) is 15.0 Å². The van der Waals surface area contributed by atoms with Crippen molar-refractivity contribution in [3.8, 4) is 0 Å². The minimum absolute atomic E-state index is 0.217. The number of aliphatic hydroxyl groups excluding tert-OH is 2. The van der Waals surface area contributed by atoms with Crippen LogP contribution in [0.2, 0.25) is 0 Å². The molecule has 17 heavy (non-hydrogen) atoms. The molecule has 0 radical (unpaired) electrons. The quantitative estimate of drug-likeness (QED) is 0.775. The number of hydrogen-bond acceptors (Lipinski definition) is 4. The van der Waals surface area contributed by atoms with Crippen molar-refractivity contribution in [1.82, 2.24) is 0 Å². The Labute approximate surface area is 101 Å². The monoisotopic (exact) mass is 238 g/mol. The number of hydrogen-bond donors (Lipinski definition) is 2. The number of esters is 1. The number of aryl methyl sites for hydroxylation is 1. The second kappa shape index (κ2) is 5.80. The minimum Gasteiger partial charge on any atom is -0.469 e. The molecule has 2 atom stereocenters. The summed E-state index contributed by atoms with van der Waals surface area (Å²) in [4.78, 5) is 11.0. The molecule has 0 saturated carbocycles. The highest BCUT2D eigenvalue weighted by Crippen LogP contribution is 2.24. The maximum atomic E-state index is 11.0. The highest BCUT2D eigenvalue weighted by Gasteiger charge is 2.23. The van der Waals surface area contributed by atoms with Crippen LogP contribution in [0.5, 0.6) is 0 Å². The average molecular weight is 238 g/mol. The Balaban J connectivity index is 2.85. The smallest absolute Gasteiger partial charge is 0.308 e. The summed E-state index contributed by atoms with van der Waals surface area (Å²) in [7, 11) is 1.25. The van der Waals surface area contributed by atoms with Crippen molar-refractivity contribution in [2.75, 3.05) is 7.11 Å². The zero-order valence-corrected chi connectivity index (χ0v) is 10.3. The normalized spacial score (nSPS) is 14.2. The zero-order valence-electron chi connectivity index (χ0n) is 10.3. The van der Waals surface area contributed by atoms with Gasteiger partial charge in [0.25, 0.3) is 0 Å². The molecule has 4 heteroatoms. The fourth-order valence-electron chi connectivity index (χ4n) is 1.67. The number of rotatable bonds is 4. The summed E-state index contributed by atoms with van der Waals surface area (Å²) < 4.78 is 4.45. The van der Waals surface area contributed by atoms with Gasteiger partial charge in [-0.1, -0.05) is 18.2 Å². The molecule has 1 rings (SSSR count). The molecule has 0 aliphatic rings. The molecule has 4 nitrogen and oxygen atoms in total. The van der Waals surface area contributed by atoms with Gasteiger partial charge in [-0.25, -0.2) is 0 Å². The Bertz CT molecular complexity index is 400. The summed E-state index contributed by atoms with van der Waals surface area (Å²) in [5.41, 5.74) is 2.59. The molecule has 94 valence electrons. The molecule has 2 N–H and O–H groups in total. The lowest BCUT2D eigenvalue weighted by atomic mass is 9.95. The molecule has 0 aliphatic heterocycles. The van der Waals surface area contributed by atoms with Crippen molar-refractivity contribution >= 4 is 5.97 Å². The van der Waals surface area contributed by atoms with Crippen LogP contribution >= 0.6 is 0 Å². The number of carbonyl (C=O) groups is 1. The molecule has 0 saturated heterocycles. The summed E-state index contributed by atoms with van der Waals surface area (Å²) in [6.07, 6.45) is -2.44. The third-order valence-corrected chi connectivity index (χ3v) is 2.93. The average Bonchev–Trinajstić information content (AvgIpc) is 2.31. The molecule has 0 aromatic heterocycles. The lowest BCUT2D eigenvalue weighted by Crippen LogP contribution is -2.23. The zero-order chi connectivity index (χ0) is 13.0. The summed E-state index contributed by atoms with van der Waals surface area (Å²) >= 11 is 0. The van der Waals surface area contributed by atoms with Gasteiger partial charge in [-0.2, -0.15) is 0 Å². The maximum Gasteiger partial charge on any atom is 0.308 e. The van der Waals surface area contributed by atoms with Crippen molar-refractivity contribution in [3.05, 3.63) is 34.9 Å². The van der Waals surface area contributed by atoms with Crippen LogP contribution < -0.4 is 0 Å². The molecule has 0 spiro atoms. The van der Waals surface area contributed by atoms with Crippen molar-refractivity contribution < 1.29 is 19.7 Å². The third kappa shape index (κ3) is 3.28. The molecule has 2 unspecified atom stereocenters. The molecule has 0 amide bonds. The Hall–Kier alpha value is -1.39. The number of ether oxygens (including phenoxy) is 1. The lowest BCUT2D eigenvalue weighted by molar-refractivity contribution is -0.144. The Morgan fingerprint density at radius 3 is 2.59 bits per heavy atom. The van der Waals surface area contributed by atoms with E-state index in [1.54, 1.807) is 6.07 Å². The largest absolute Gasteiger partial charge is 0.469 e. The molecule has 0 fully saturated rings. The minimum atomic E-state index is -1.15. The number of carbonyl (C=O) groups excluding carboxylic acids is 1. The number of benzene rings is 1. The molecule has 1 aromatic rings. The topological polar surface area (TPSA) is 66.8 Å². The fraction of sp³-hybridized carbons (Fsp3) is 0.462. The van der Waals surface area contributed by atoms with E-state index in [-0.39, 0.29) is 6.42 Å². The first-order valence-corrected chi connectivity index (χ1v) is 5.46. The predicted octanol–water partition coefficient (Wildman–Crippen LogP) is 1.26. The van der Waals surface area contributed by atoms with Gasteiger partial charge in [0, 0.05) is 0 Å². The van der Waals surface area contributed by atoms with E-state index < -0.39 is 18.2 Å². The highest BCUT2D eigenvalue weighted by atomic mass is 16.5. The van der Waals surface area contributed by atoms with E-state index in [1.165, 1.54) is 7.11 Å².